The summed E-state index contributed by atoms with van der Waals surface area (Å²) in [6.07, 6.45) is 0. The maximum absolute atomic E-state index is 6.72. The summed E-state index contributed by atoms with van der Waals surface area (Å²) in [5, 5.41) is 6.72. The molecule has 0 unspecified atom stereocenters. The molecule has 2 nitrogen and oxygen atoms in total. The number of nitrogens with one attached hydrogen (secondary N) is 1. The van der Waals surface area contributed by atoms with Crippen molar-refractivity contribution in [2.45, 2.75) is 6.92 Å². The van der Waals surface area contributed by atoms with Crippen LogP contribution in [0.5, 0.6) is 0 Å². The predicted octanol–water partition coefficient (Wildman–Crippen LogP) is 1.24. The van der Waals surface area contributed by atoms with Crippen molar-refractivity contribution < 1.29 is 4.74 Å². The third kappa shape index (κ3) is 5.76. The van der Waals surface area contributed by atoms with Gasteiger partial charge in [0.15, 0.2) is 5.90 Å². The van der Waals surface area contributed by atoms with E-state index in [1.165, 1.54) is 0 Å². The summed E-state index contributed by atoms with van der Waals surface area (Å²) < 4.78 is 4.64. The van der Waals surface area contributed by atoms with Crippen molar-refractivity contribution in [3.8, 4) is 0 Å². The van der Waals surface area contributed by atoms with Crippen LogP contribution in [0.15, 0.2) is 0 Å². The van der Waals surface area contributed by atoms with E-state index in [0.717, 1.165) is 0 Å². The fraction of sp³-hybridized carbons (Fsp3) is 0.750. The molecule has 0 amide bonds. The van der Waals surface area contributed by atoms with Crippen LogP contribution in [0.3, 0.4) is 0 Å². The Morgan fingerprint density at radius 3 is 2.57 bits per heavy atom. The molecule has 0 aromatic carbocycles. The Morgan fingerprint density at radius 2 is 2.43 bits per heavy atom. The zero-order valence-electron chi connectivity index (χ0n) is 4.20. The van der Waals surface area contributed by atoms with E-state index >= 15 is 0 Å². The molecule has 0 saturated heterocycles. The number of alkyl halides is 1. The highest BCUT2D eigenvalue weighted by Crippen LogP contribution is 1.78. The number of hydrogen-bond acceptors (Lipinski definition) is 2. The average molecular weight is 122 g/mol. The van der Waals surface area contributed by atoms with E-state index in [9.17, 15) is 0 Å². The van der Waals surface area contributed by atoms with Gasteiger partial charge in [0.25, 0.3) is 0 Å². The molecule has 0 radical (unpaired) electrons. The van der Waals surface area contributed by atoms with Gasteiger partial charge in [-0.1, -0.05) is 0 Å². The van der Waals surface area contributed by atoms with Gasteiger partial charge in [0, 0.05) is 6.92 Å². The van der Waals surface area contributed by atoms with Crippen molar-refractivity contribution in [1.82, 2.24) is 0 Å². The van der Waals surface area contributed by atoms with Crippen molar-refractivity contribution in [2.75, 3.05) is 12.5 Å². The van der Waals surface area contributed by atoms with Crippen molar-refractivity contribution in [3.05, 3.63) is 0 Å². The minimum absolute atomic E-state index is 0.223. The Labute approximate surface area is 47.9 Å². The SMILES string of the molecule is CC(=N)OCCCl. The molecule has 0 aromatic rings. The van der Waals surface area contributed by atoms with Crippen LogP contribution in [0, 0.1) is 5.41 Å². The second-order valence-corrected chi connectivity index (χ2v) is 1.47. The van der Waals surface area contributed by atoms with Crippen LogP contribution >= 0.6 is 11.6 Å². The molecular formula is C4H8ClNO. The molecule has 0 atom stereocenters. The van der Waals surface area contributed by atoms with Gasteiger partial charge in [0.1, 0.15) is 6.61 Å². The standard InChI is InChI=1S/C4H8ClNO/c1-4(6)7-3-2-5/h6H,2-3H2,1H3. The lowest BCUT2D eigenvalue weighted by Crippen LogP contribution is -1.99. The molecule has 0 bridgehead atoms. The van der Waals surface area contributed by atoms with Gasteiger partial charge in [-0.3, -0.25) is 5.41 Å². The van der Waals surface area contributed by atoms with Crippen LogP contribution in [0.4, 0.5) is 0 Å². The Hall–Kier alpha value is -0.240. The highest BCUT2D eigenvalue weighted by molar-refractivity contribution is 6.18. The highest BCUT2D eigenvalue weighted by atomic mass is 35.5. The van der Waals surface area contributed by atoms with Crippen LogP contribution in [0.1, 0.15) is 6.92 Å². The summed E-state index contributed by atoms with van der Waals surface area (Å²) in [4.78, 5) is 0. The number of ether oxygens (including phenoxy) is 1. The van der Waals surface area contributed by atoms with E-state index in [1.807, 2.05) is 0 Å². The molecule has 0 saturated carbocycles. The molecule has 7 heavy (non-hydrogen) atoms. The second-order valence-electron chi connectivity index (χ2n) is 1.09. The second kappa shape index (κ2) is 3.93. The van der Waals surface area contributed by atoms with Crippen molar-refractivity contribution in [3.63, 3.8) is 0 Å². The molecule has 0 aliphatic heterocycles. The molecule has 1 N–H and O–H groups in total. The van der Waals surface area contributed by atoms with E-state index < -0.39 is 0 Å². The number of rotatable bonds is 2. The summed E-state index contributed by atoms with van der Waals surface area (Å²) in [7, 11) is 0. The van der Waals surface area contributed by atoms with Crippen LogP contribution < -0.4 is 0 Å². The zero-order chi connectivity index (χ0) is 5.70. The third-order valence-electron chi connectivity index (χ3n) is 0.396. The number of halogens is 1. The van der Waals surface area contributed by atoms with Crippen molar-refractivity contribution >= 4 is 17.5 Å². The molecular weight excluding hydrogens is 114 g/mol. The fourth-order valence-electron chi connectivity index (χ4n) is 0.192. The molecule has 0 rings (SSSR count). The van der Waals surface area contributed by atoms with Gasteiger partial charge in [-0.25, -0.2) is 0 Å². The maximum Gasteiger partial charge on any atom is 0.177 e. The molecule has 0 spiro atoms. The Bertz CT molecular complexity index is 64.7. The largest absolute Gasteiger partial charge is 0.480 e. The smallest absolute Gasteiger partial charge is 0.177 e. The molecule has 0 aliphatic carbocycles. The van der Waals surface area contributed by atoms with Crippen LogP contribution in [0.2, 0.25) is 0 Å². The Balaban J connectivity index is 2.82. The first-order chi connectivity index (χ1) is 3.27. The molecule has 42 valence electrons. The van der Waals surface area contributed by atoms with Gasteiger partial charge < -0.3 is 4.74 Å². The van der Waals surface area contributed by atoms with E-state index in [1.54, 1.807) is 6.92 Å². The van der Waals surface area contributed by atoms with Gasteiger partial charge in [-0.05, 0) is 0 Å². The third-order valence-corrected chi connectivity index (χ3v) is 0.550. The van der Waals surface area contributed by atoms with Gasteiger partial charge >= 0.3 is 0 Å². The van der Waals surface area contributed by atoms with E-state index in [0.29, 0.717) is 12.5 Å². The van der Waals surface area contributed by atoms with Crippen molar-refractivity contribution in [2.24, 2.45) is 0 Å². The minimum atomic E-state index is 0.223. The Kier molecular flexibility index (Phi) is 3.80. The quantitative estimate of drug-likeness (QED) is 0.333. The molecule has 0 aliphatic rings. The average Bonchev–Trinajstić information content (AvgIpc) is 1.61. The predicted molar refractivity (Wildman–Crippen MR) is 30.1 cm³/mol. The molecule has 3 heteroatoms. The van der Waals surface area contributed by atoms with Gasteiger partial charge in [0.2, 0.25) is 0 Å². The normalized spacial score (nSPS) is 8.29. The summed E-state index contributed by atoms with van der Waals surface area (Å²) in [5.74, 6) is 0.677. The number of hydrogen-bond donors (Lipinski definition) is 1. The van der Waals surface area contributed by atoms with E-state index in [4.69, 9.17) is 17.0 Å². The maximum atomic E-state index is 6.72. The highest BCUT2D eigenvalue weighted by Gasteiger charge is 1.82. The fourth-order valence-corrected chi connectivity index (χ4v) is 0.269. The van der Waals surface area contributed by atoms with Gasteiger partial charge in [-0.2, -0.15) is 0 Å². The summed E-state index contributed by atoms with van der Waals surface area (Å²) in [6.45, 7) is 2.02. The van der Waals surface area contributed by atoms with E-state index in [2.05, 4.69) is 4.74 Å². The molecule has 0 fully saturated rings. The van der Waals surface area contributed by atoms with Crippen molar-refractivity contribution in [1.29, 1.82) is 5.41 Å². The van der Waals surface area contributed by atoms with Gasteiger partial charge in [-0.15, -0.1) is 11.6 Å². The summed E-state index contributed by atoms with van der Waals surface area (Å²) in [5.41, 5.74) is 0. The van der Waals surface area contributed by atoms with Crippen LogP contribution in [-0.2, 0) is 4.74 Å². The first-order valence-corrected chi connectivity index (χ1v) is 2.54. The lowest BCUT2D eigenvalue weighted by Gasteiger charge is -1.96. The topological polar surface area (TPSA) is 33.1 Å². The molecule has 0 heterocycles. The van der Waals surface area contributed by atoms with Crippen LogP contribution in [0.25, 0.3) is 0 Å². The first kappa shape index (κ1) is 6.76. The Morgan fingerprint density at radius 1 is 1.86 bits per heavy atom. The lowest BCUT2D eigenvalue weighted by atomic mass is 10.7. The summed E-state index contributed by atoms with van der Waals surface area (Å²) >= 11 is 5.22. The van der Waals surface area contributed by atoms with E-state index in [-0.39, 0.29) is 5.90 Å². The monoisotopic (exact) mass is 121 g/mol. The summed E-state index contributed by atoms with van der Waals surface area (Å²) in [6, 6.07) is 0. The molecule has 0 aromatic heterocycles. The zero-order valence-corrected chi connectivity index (χ0v) is 4.96. The first-order valence-electron chi connectivity index (χ1n) is 2.01. The van der Waals surface area contributed by atoms with Crippen LogP contribution in [-0.4, -0.2) is 18.4 Å². The van der Waals surface area contributed by atoms with Gasteiger partial charge in [0.05, 0.1) is 5.88 Å². The minimum Gasteiger partial charge on any atom is -0.480 e. The lowest BCUT2D eigenvalue weighted by molar-refractivity contribution is 0.324.